The standard InChI is InChI=1S/C20H23N3OS/c1-12-4-2-3-5-16(12)17-22-23-19(25-17)21-18(24)20-9-13-6-14(10-20)8-15(7-13)11-20/h2-5,13-15H,6-11H2,1H3,(H,21,23,24). The van der Waals surface area contributed by atoms with Gasteiger partial charge in [0.2, 0.25) is 11.0 Å². The van der Waals surface area contributed by atoms with E-state index in [4.69, 9.17) is 0 Å². The molecule has 0 radical (unpaired) electrons. The first-order chi connectivity index (χ1) is 12.1. The smallest absolute Gasteiger partial charge is 0.232 e. The molecule has 0 spiro atoms. The molecule has 25 heavy (non-hydrogen) atoms. The average Bonchev–Trinajstić information content (AvgIpc) is 3.02. The van der Waals surface area contributed by atoms with E-state index >= 15 is 0 Å². The summed E-state index contributed by atoms with van der Waals surface area (Å²) in [6.45, 7) is 2.07. The lowest BCUT2D eigenvalue weighted by Gasteiger charge is -2.55. The van der Waals surface area contributed by atoms with Gasteiger partial charge in [-0.25, -0.2) is 0 Å². The lowest BCUT2D eigenvalue weighted by atomic mass is 9.49. The first-order valence-corrected chi connectivity index (χ1v) is 10.1. The first-order valence-electron chi connectivity index (χ1n) is 9.32. The number of aromatic nitrogens is 2. The Bertz CT molecular complexity index is 793. The molecule has 4 fully saturated rings. The number of anilines is 1. The van der Waals surface area contributed by atoms with Crippen LogP contribution in [0.1, 0.15) is 44.1 Å². The number of hydrogen-bond donors (Lipinski definition) is 1. The van der Waals surface area contributed by atoms with Crippen LogP contribution in [-0.2, 0) is 4.79 Å². The fourth-order valence-corrected chi connectivity index (χ4v) is 6.64. The van der Waals surface area contributed by atoms with E-state index in [-0.39, 0.29) is 11.3 Å². The van der Waals surface area contributed by atoms with Gasteiger partial charge in [0, 0.05) is 5.56 Å². The van der Waals surface area contributed by atoms with Gasteiger partial charge in [0.25, 0.3) is 0 Å². The van der Waals surface area contributed by atoms with Crippen molar-refractivity contribution >= 4 is 22.4 Å². The summed E-state index contributed by atoms with van der Waals surface area (Å²) < 4.78 is 0. The van der Waals surface area contributed by atoms with Crippen LogP contribution in [0, 0.1) is 30.1 Å². The molecule has 1 amide bonds. The number of amides is 1. The van der Waals surface area contributed by atoms with Gasteiger partial charge in [-0.2, -0.15) is 0 Å². The van der Waals surface area contributed by atoms with Crippen molar-refractivity contribution in [2.24, 2.45) is 23.2 Å². The van der Waals surface area contributed by atoms with E-state index in [0.29, 0.717) is 5.13 Å². The Morgan fingerprint density at radius 1 is 1.08 bits per heavy atom. The Balaban J connectivity index is 1.36. The second-order valence-corrected chi connectivity index (χ2v) is 9.36. The van der Waals surface area contributed by atoms with Crippen molar-refractivity contribution in [3.05, 3.63) is 29.8 Å². The number of hydrogen-bond acceptors (Lipinski definition) is 4. The summed E-state index contributed by atoms with van der Waals surface area (Å²) >= 11 is 1.48. The molecule has 4 aliphatic carbocycles. The van der Waals surface area contributed by atoms with Gasteiger partial charge in [-0.1, -0.05) is 35.6 Å². The van der Waals surface area contributed by atoms with E-state index in [1.807, 2.05) is 12.1 Å². The largest absolute Gasteiger partial charge is 0.300 e. The van der Waals surface area contributed by atoms with Gasteiger partial charge in [0.15, 0.2) is 0 Å². The van der Waals surface area contributed by atoms with Gasteiger partial charge in [0.1, 0.15) is 5.01 Å². The van der Waals surface area contributed by atoms with Crippen molar-refractivity contribution in [1.29, 1.82) is 0 Å². The summed E-state index contributed by atoms with van der Waals surface area (Å²) in [5.74, 6) is 2.51. The molecule has 2 aromatic rings. The third kappa shape index (κ3) is 2.60. The fourth-order valence-electron chi connectivity index (χ4n) is 5.81. The quantitative estimate of drug-likeness (QED) is 0.872. The Morgan fingerprint density at radius 3 is 2.36 bits per heavy atom. The molecule has 0 atom stereocenters. The number of rotatable bonds is 3. The number of carbonyl (C=O) groups excluding carboxylic acids is 1. The minimum Gasteiger partial charge on any atom is -0.300 e. The SMILES string of the molecule is Cc1ccccc1-c1nnc(NC(=O)C23CC4CC(CC(C4)C2)C3)s1. The van der Waals surface area contributed by atoms with Crippen molar-refractivity contribution < 1.29 is 4.79 Å². The van der Waals surface area contributed by atoms with E-state index in [1.54, 1.807) is 0 Å². The molecule has 6 rings (SSSR count). The molecule has 5 heteroatoms. The highest BCUT2D eigenvalue weighted by Gasteiger charge is 2.54. The molecule has 1 N–H and O–H groups in total. The van der Waals surface area contributed by atoms with Gasteiger partial charge in [-0.3, -0.25) is 4.79 Å². The number of benzene rings is 1. The Morgan fingerprint density at radius 2 is 1.72 bits per heavy atom. The van der Waals surface area contributed by atoms with Crippen LogP contribution in [0.4, 0.5) is 5.13 Å². The zero-order valence-corrected chi connectivity index (χ0v) is 15.3. The van der Waals surface area contributed by atoms with Crippen LogP contribution in [0.15, 0.2) is 24.3 Å². The second-order valence-electron chi connectivity index (χ2n) is 8.38. The van der Waals surface area contributed by atoms with Crippen LogP contribution in [0.25, 0.3) is 10.6 Å². The third-order valence-corrected chi connectivity index (χ3v) is 7.41. The van der Waals surface area contributed by atoms with E-state index in [1.165, 1.54) is 36.2 Å². The molecule has 4 bridgehead atoms. The van der Waals surface area contributed by atoms with Crippen molar-refractivity contribution in [2.45, 2.75) is 45.4 Å². The van der Waals surface area contributed by atoms with Gasteiger partial charge in [-0.05, 0) is 68.8 Å². The van der Waals surface area contributed by atoms with Crippen LogP contribution in [0.5, 0.6) is 0 Å². The number of aryl methyl sites for hydroxylation is 1. The fraction of sp³-hybridized carbons (Fsp3) is 0.550. The molecule has 1 heterocycles. The molecular weight excluding hydrogens is 330 g/mol. The zero-order valence-electron chi connectivity index (χ0n) is 14.5. The van der Waals surface area contributed by atoms with E-state index in [9.17, 15) is 4.79 Å². The van der Waals surface area contributed by atoms with Crippen molar-refractivity contribution in [3.8, 4) is 10.6 Å². The molecule has 0 aliphatic heterocycles. The van der Waals surface area contributed by atoms with Crippen LogP contribution in [0.3, 0.4) is 0 Å². The van der Waals surface area contributed by atoms with Gasteiger partial charge < -0.3 is 5.32 Å². The Hall–Kier alpha value is -1.75. The van der Waals surface area contributed by atoms with Crippen LogP contribution in [0.2, 0.25) is 0 Å². The first kappa shape index (κ1) is 15.5. The lowest BCUT2D eigenvalue weighted by molar-refractivity contribution is -0.140. The molecule has 1 aromatic carbocycles. The van der Waals surface area contributed by atoms with E-state index in [2.05, 4.69) is 34.6 Å². The maximum absolute atomic E-state index is 13.1. The number of carbonyl (C=O) groups is 1. The highest BCUT2D eigenvalue weighted by Crippen LogP contribution is 2.60. The second kappa shape index (κ2) is 5.63. The highest BCUT2D eigenvalue weighted by atomic mass is 32.1. The molecule has 0 saturated heterocycles. The Labute approximate surface area is 152 Å². The minimum atomic E-state index is -0.136. The Kier molecular flexibility index (Phi) is 3.49. The molecule has 130 valence electrons. The molecule has 4 aliphatic rings. The molecule has 4 nitrogen and oxygen atoms in total. The summed E-state index contributed by atoms with van der Waals surface area (Å²) in [5.41, 5.74) is 2.14. The van der Waals surface area contributed by atoms with E-state index in [0.717, 1.165) is 47.6 Å². The molecule has 1 aromatic heterocycles. The summed E-state index contributed by atoms with van der Waals surface area (Å²) in [7, 11) is 0. The minimum absolute atomic E-state index is 0.136. The zero-order chi connectivity index (χ0) is 17.0. The van der Waals surface area contributed by atoms with Crippen molar-refractivity contribution in [3.63, 3.8) is 0 Å². The average molecular weight is 353 g/mol. The maximum atomic E-state index is 13.1. The molecule has 0 unspecified atom stereocenters. The van der Waals surface area contributed by atoms with Gasteiger partial charge in [-0.15, -0.1) is 10.2 Å². The number of nitrogens with one attached hydrogen (secondary N) is 1. The summed E-state index contributed by atoms with van der Waals surface area (Å²) in [4.78, 5) is 13.1. The van der Waals surface area contributed by atoms with Crippen molar-refractivity contribution in [2.75, 3.05) is 5.32 Å². The van der Waals surface area contributed by atoms with Crippen LogP contribution >= 0.6 is 11.3 Å². The van der Waals surface area contributed by atoms with Gasteiger partial charge in [0.05, 0.1) is 5.41 Å². The topological polar surface area (TPSA) is 54.9 Å². The monoisotopic (exact) mass is 353 g/mol. The predicted molar refractivity (Wildman–Crippen MR) is 99.3 cm³/mol. The summed E-state index contributed by atoms with van der Waals surface area (Å²) in [6, 6.07) is 8.16. The molecular formula is C20H23N3OS. The summed E-state index contributed by atoms with van der Waals surface area (Å²) in [5, 5.41) is 13.2. The van der Waals surface area contributed by atoms with E-state index < -0.39 is 0 Å². The molecule has 4 saturated carbocycles. The van der Waals surface area contributed by atoms with Gasteiger partial charge >= 0.3 is 0 Å². The predicted octanol–water partition coefficient (Wildman–Crippen LogP) is 4.67. The normalized spacial score (nSPS) is 32.8. The van der Waals surface area contributed by atoms with Crippen LogP contribution in [-0.4, -0.2) is 16.1 Å². The van der Waals surface area contributed by atoms with Crippen molar-refractivity contribution in [1.82, 2.24) is 10.2 Å². The number of nitrogens with zero attached hydrogens (tertiary/aromatic N) is 2. The van der Waals surface area contributed by atoms with Crippen LogP contribution < -0.4 is 5.32 Å². The lowest BCUT2D eigenvalue weighted by Crippen LogP contribution is -2.51. The summed E-state index contributed by atoms with van der Waals surface area (Å²) in [6.07, 6.45) is 7.28. The third-order valence-electron chi connectivity index (χ3n) is 6.54. The highest BCUT2D eigenvalue weighted by molar-refractivity contribution is 7.18. The maximum Gasteiger partial charge on any atom is 0.232 e.